The number of methoxy groups -OCH3 is 1. The Bertz CT molecular complexity index is 1100. The highest BCUT2D eigenvalue weighted by atomic mass is 19.1. The predicted octanol–water partition coefficient (Wildman–Crippen LogP) is 5.66. The number of carbonyl (C=O) groups is 2. The molecule has 0 aromatic heterocycles. The van der Waals surface area contributed by atoms with Crippen LogP contribution in [0.4, 0.5) is 10.1 Å². The molecule has 0 heterocycles. The van der Waals surface area contributed by atoms with Gasteiger partial charge < -0.3 is 14.4 Å². The fraction of sp³-hybridized carbons (Fsp3) is 0.517. The molecule has 4 aliphatic carbocycles. The van der Waals surface area contributed by atoms with Crippen LogP contribution in [-0.4, -0.2) is 31.6 Å². The van der Waals surface area contributed by atoms with Crippen LogP contribution in [0, 0.1) is 23.1 Å². The van der Waals surface area contributed by atoms with Gasteiger partial charge in [0.15, 0.2) is 6.61 Å². The Hall–Kier alpha value is -2.89. The molecule has 186 valence electrons. The van der Waals surface area contributed by atoms with Gasteiger partial charge in [-0.25, -0.2) is 4.39 Å². The van der Waals surface area contributed by atoms with Crippen molar-refractivity contribution in [2.24, 2.45) is 17.3 Å². The topological polar surface area (TPSA) is 55.8 Å². The van der Waals surface area contributed by atoms with E-state index in [1.807, 2.05) is 56.3 Å². The molecule has 6 heteroatoms. The highest BCUT2D eigenvalue weighted by molar-refractivity contribution is 5.96. The lowest BCUT2D eigenvalue weighted by atomic mass is 9.43. The third-order valence-corrected chi connectivity index (χ3v) is 8.39. The maximum atomic E-state index is 15.2. The molecule has 2 aromatic rings. The number of benzene rings is 2. The highest BCUT2D eigenvalue weighted by Crippen LogP contribution is 2.66. The number of ether oxygens (including phenoxy) is 2. The fourth-order valence-electron chi connectivity index (χ4n) is 7.54. The zero-order valence-electron chi connectivity index (χ0n) is 20.8. The van der Waals surface area contributed by atoms with Crippen LogP contribution in [0.15, 0.2) is 48.5 Å². The average Bonchev–Trinajstić information content (AvgIpc) is 2.82. The molecule has 4 saturated carbocycles. The van der Waals surface area contributed by atoms with E-state index in [4.69, 9.17) is 9.47 Å². The summed E-state index contributed by atoms with van der Waals surface area (Å²) in [7, 11) is 1.53. The highest BCUT2D eigenvalue weighted by Gasteiger charge is 2.62. The molecule has 5 nitrogen and oxygen atoms in total. The van der Waals surface area contributed by atoms with E-state index in [1.165, 1.54) is 13.2 Å². The third-order valence-electron chi connectivity index (χ3n) is 8.39. The van der Waals surface area contributed by atoms with E-state index in [0.717, 1.165) is 37.8 Å². The number of anilines is 1. The summed E-state index contributed by atoms with van der Waals surface area (Å²) in [5.74, 6) is 0.447. The molecular weight excluding hydrogens is 445 g/mol. The van der Waals surface area contributed by atoms with Gasteiger partial charge in [0.1, 0.15) is 11.6 Å². The van der Waals surface area contributed by atoms with Crippen LogP contribution in [0.3, 0.4) is 0 Å². The van der Waals surface area contributed by atoms with Gasteiger partial charge in [0.2, 0.25) is 0 Å². The van der Waals surface area contributed by atoms with Gasteiger partial charge in [-0.2, -0.15) is 0 Å². The number of esters is 1. The van der Waals surface area contributed by atoms with Crippen molar-refractivity contribution in [3.8, 4) is 5.75 Å². The first-order valence-corrected chi connectivity index (χ1v) is 12.6. The van der Waals surface area contributed by atoms with Gasteiger partial charge >= 0.3 is 5.97 Å². The van der Waals surface area contributed by atoms with Gasteiger partial charge in [-0.15, -0.1) is 0 Å². The Morgan fingerprint density at radius 1 is 1.06 bits per heavy atom. The van der Waals surface area contributed by atoms with E-state index in [0.29, 0.717) is 29.6 Å². The second-order valence-corrected chi connectivity index (χ2v) is 11.1. The molecule has 4 aliphatic rings. The number of amides is 1. The third kappa shape index (κ3) is 4.21. The maximum Gasteiger partial charge on any atom is 0.312 e. The van der Waals surface area contributed by atoms with E-state index in [-0.39, 0.29) is 35.8 Å². The molecule has 0 radical (unpaired) electrons. The largest absolute Gasteiger partial charge is 0.497 e. The second-order valence-electron chi connectivity index (χ2n) is 11.1. The van der Waals surface area contributed by atoms with Crippen molar-refractivity contribution in [1.29, 1.82) is 0 Å². The molecule has 35 heavy (non-hydrogen) atoms. The van der Waals surface area contributed by atoms with Gasteiger partial charge in [0.05, 0.1) is 12.5 Å². The Morgan fingerprint density at radius 3 is 2.34 bits per heavy atom. The lowest BCUT2D eigenvalue weighted by Gasteiger charge is -2.61. The Labute approximate surface area is 206 Å². The summed E-state index contributed by atoms with van der Waals surface area (Å²) in [4.78, 5) is 28.3. The van der Waals surface area contributed by atoms with Crippen LogP contribution < -0.4 is 9.64 Å². The zero-order chi connectivity index (χ0) is 24.8. The molecule has 2 aromatic carbocycles. The minimum Gasteiger partial charge on any atom is -0.497 e. The van der Waals surface area contributed by atoms with E-state index >= 15 is 4.39 Å². The van der Waals surface area contributed by atoms with Gasteiger partial charge in [-0.1, -0.05) is 24.3 Å². The van der Waals surface area contributed by atoms with Crippen LogP contribution in [0.25, 0.3) is 0 Å². The van der Waals surface area contributed by atoms with Crippen LogP contribution in [0.2, 0.25) is 0 Å². The summed E-state index contributed by atoms with van der Waals surface area (Å²) in [6, 6.07) is 14.5. The Morgan fingerprint density at radius 2 is 1.74 bits per heavy atom. The molecule has 6 rings (SSSR count). The van der Waals surface area contributed by atoms with Crippen molar-refractivity contribution in [1.82, 2.24) is 0 Å². The van der Waals surface area contributed by atoms with Crippen molar-refractivity contribution in [2.45, 2.75) is 63.8 Å². The van der Waals surface area contributed by atoms with Crippen LogP contribution in [0.5, 0.6) is 5.75 Å². The monoisotopic (exact) mass is 479 g/mol. The first-order valence-electron chi connectivity index (χ1n) is 12.6. The Kier molecular flexibility index (Phi) is 6.10. The molecule has 1 amide bonds. The number of nitrogens with zero attached hydrogens (tertiary/aromatic N) is 1. The summed E-state index contributed by atoms with van der Waals surface area (Å²) in [5, 5.41) is 0. The molecule has 0 N–H and O–H groups in total. The van der Waals surface area contributed by atoms with E-state index in [2.05, 4.69) is 0 Å². The first kappa shape index (κ1) is 23.8. The number of para-hydroxylation sites is 1. The first-order chi connectivity index (χ1) is 16.7. The molecule has 0 spiro atoms. The Balaban J connectivity index is 1.35. The molecule has 2 atom stereocenters. The number of halogens is 1. The number of carbonyl (C=O) groups excluding carboxylic acids is 2. The molecule has 0 aliphatic heterocycles. The quantitative estimate of drug-likeness (QED) is 0.481. The summed E-state index contributed by atoms with van der Waals surface area (Å²) >= 11 is 0. The smallest absolute Gasteiger partial charge is 0.312 e. The van der Waals surface area contributed by atoms with Gasteiger partial charge in [-0.3, -0.25) is 9.59 Å². The van der Waals surface area contributed by atoms with Crippen molar-refractivity contribution in [2.75, 3.05) is 18.6 Å². The number of hydrogen-bond donors (Lipinski definition) is 0. The zero-order valence-corrected chi connectivity index (χ0v) is 20.8. The fourth-order valence-corrected chi connectivity index (χ4v) is 7.54. The van der Waals surface area contributed by atoms with Gasteiger partial charge in [0.25, 0.3) is 5.91 Å². The summed E-state index contributed by atoms with van der Waals surface area (Å²) < 4.78 is 26.1. The van der Waals surface area contributed by atoms with Gasteiger partial charge in [0, 0.05) is 17.8 Å². The lowest BCUT2D eigenvalue weighted by Crippen LogP contribution is -2.57. The minimum atomic E-state index is -0.647. The predicted molar refractivity (Wildman–Crippen MR) is 132 cm³/mol. The van der Waals surface area contributed by atoms with E-state index < -0.39 is 5.41 Å². The van der Waals surface area contributed by atoms with Crippen molar-refractivity contribution >= 4 is 17.6 Å². The van der Waals surface area contributed by atoms with E-state index in [1.54, 1.807) is 4.90 Å². The van der Waals surface area contributed by atoms with Crippen LogP contribution in [-0.2, 0) is 19.7 Å². The molecule has 4 fully saturated rings. The van der Waals surface area contributed by atoms with E-state index in [9.17, 15) is 9.59 Å². The SMILES string of the molecule is COc1ccc(C23CC4CC(CC(C(=O)OCC(=O)N(c5ccccc5)C(C)C)(C4)C2)C3)c(F)c1. The standard InChI is InChI=1S/C29H34FNO4/c1-19(2)31(22-7-5-4-6-8-22)26(32)17-35-27(33)29-15-20-11-21(16-29)14-28(13-20,18-29)24-10-9-23(34-3)12-25(24)30/h4-10,12,19-21H,11,13-18H2,1-3H3. The van der Waals surface area contributed by atoms with Crippen LogP contribution in [0.1, 0.15) is 57.9 Å². The summed E-state index contributed by atoms with van der Waals surface area (Å²) in [6.07, 6.45) is 5.00. The lowest BCUT2D eigenvalue weighted by molar-refractivity contribution is -0.175. The van der Waals surface area contributed by atoms with Crippen molar-refractivity contribution < 1.29 is 23.5 Å². The second kappa shape index (κ2) is 8.96. The maximum absolute atomic E-state index is 15.2. The number of rotatable bonds is 7. The molecule has 0 saturated heterocycles. The summed E-state index contributed by atoms with van der Waals surface area (Å²) in [6.45, 7) is 3.60. The summed E-state index contributed by atoms with van der Waals surface area (Å²) in [5.41, 5.74) is 0.465. The molecular formula is C29H34FNO4. The van der Waals surface area contributed by atoms with Crippen LogP contribution >= 0.6 is 0 Å². The van der Waals surface area contributed by atoms with Crippen molar-refractivity contribution in [3.63, 3.8) is 0 Å². The van der Waals surface area contributed by atoms with Gasteiger partial charge in [-0.05, 0) is 93.4 Å². The average molecular weight is 480 g/mol. The molecule has 2 unspecified atom stereocenters. The number of hydrogen-bond acceptors (Lipinski definition) is 4. The minimum absolute atomic E-state index is 0.0653. The van der Waals surface area contributed by atoms with Crippen molar-refractivity contribution in [3.05, 3.63) is 59.9 Å². The molecule has 4 bridgehead atoms. The normalized spacial score (nSPS) is 28.7.